The lowest BCUT2D eigenvalue weighted by molar-refractivity contribution is -0.117. The molecule has 2 N–H and O–H groups in total. The van der Waals surface area contributed by atoms with Gasteiger partial charge in [-0.1, -0.05) is 48.5 Å². The van der Waals surface area contributed by atoms with E-state index in [-0.39, 0.29) is 12.3 Å². The fourth-order valence-electron chi connectivity index (χ4n) is 2.00. The molecule has 0 radical (unpaired) electrons. The topological polar surface area (TPSA) is 43.1 Å². The maximum Gasteiger partial charge on any atom is 0.221 e. The Balaban J connectivity index is 2.52. The van der Waals surface area contributed by atoms with E-state index in [0.717, 1.165) is 16.7 Å². The number of primary amides is 1. The van der Waals surface area contributed by atoms with Crippen LogP contribution < -0.4 is 5.73 Å². The third-order valence-corrected chi connectivity index (χ3v) is 2.82. The fourth-order valence-corrected chi connectivity index (χ4v) is 2.00. The first kappa shape index (κ1) is 11.4. The molecule has 0 heterocycles. The van der Waals surface area contributed by atoms with E-state index in [4.69, 9.17) is 5.73 Å². The van der Waals surface area contributed by atoms with Crippen molar-refractivity contribution in [3.8, 4) is 11.1 Å². The van der Waals surface area contributed by atoms with Crippen LogP contribution in [0.3, 0.4) is 0 Å². The van der Waals surface area contributed by atoms with Gasteiger partial charge in [-0.15, -0.1) is 0 Å². The highest BCUT2D eigenvalue weighted by atomic mass is 16.1. The quantitative estimate of drug-likeness (QED) is 0.857. The van der Waals surface area contributed by atoms with Crippen molar-refractivity contribution < 1.29 is 4.79 Å². The number of benzene rings is 2. The molecule has 2 nitrogen and oxygen atoms in total. The van der Waals surface area contributed by atoms with Gasteiger partial charge in [-0.2, -0.15) is 0 Å². The summed E-state index contributed by atoms with van der Waals surface area (Å²) < 4.78 is 0. The first-order valence-electron chi connectivity index (χ1n) is 5.60. The van der Waals surface area contributed by atoms with Gasteiger partial charge in [0.25, 0.3) is 0 Å². The van der Waals surface area contributed by atoms with Gasteiger partial charge in [0, 0.05) is 0 Å². The molecule has 0 aliphatic carbocycles. The molecule has 0 unspecified atom stereocenters. The molecule has 0 aliphatic rings. The molecule has 0 aromatic heterocycles. The monoisotopic (exact) mass is 225 g/mol. The van der Waals surface area contributed by atoms with Crippen molar-refractivity contribution in [2.45, 2.75) is 13.3 Å². The van der Waals surface area contributed by atoms with E-state index in [9.17, 15) is 4.79 Å². The standard InChI is InChI=1S/C15H15NO/c1-11-6-2-4-8-13(11)14-9-5-3-7-12(14)10-15(16)17/h2-9H,10H2,1H3,(H2,16,17). The van der Waals surface area contributed by atoms with Crippen LogP contribution in [0.15, 0.2) is 48.5 Å². The van der Waals surface area contributed by atoms with Crippen LogP contribution in [0.1, 0.15) is 11.1 Å². The van der Waals surface area contributed by atoms with Gasteiger partial charge in [0.05, 0.1) is 6.42 Å². The molecule has 17 heavy (non-hydrogen) atoms. The van der Waals surface area contributed by atoms with Gasteiger partial charge in [0.15, 0.2) is 0 Å². The number of carbonyl (C=O) groups is 1. The van der Waals surface area contributed by atoms with E-state index < -0.39 is 0 Å². The van der Waals surface area contributed by atoms with Crippen LogP contribution in [-0.4, -0.2) is 5.91 Å². The molecular weight excluding hydrogens is 210 g/mol. The van der Waals surface area contributed by atoms with Crippen molar-refractivity contribution in [2.24, 2.45) is 5.73 Å². The van der Waals surface area contributed by atoms with Gasteiger partial charge in [0.1, 0.15) is 0 Å². The van der Waals surface area contributed by atoms with Crippen LogP contribution in [0, 0.1) is 6.92 Å². The molecule has 2 rings (SSSR count). The molecule has 0 spiro atoms. The van der Waals surface area contributed by atoms with Crippen LogP contribution in [0.2, 0.25) is 0 Å². The third-order valence-electron chi connectivity index (χ3n) is 2.82. The number of rotatable bonds is 3. The second-order valence-corrected chi connectivity index (χ2v) is 4.12. The Bertz CT molecular complexity index is 546. The molecule has 2 heteroatoms. The number of hydrogen-bond donors (Lipinski definition) is 1. The Labute approximate surface area is 101 Å². The van der Waals surface area contributed by atoms with E-state index in [0.29, 0.717) is 0 Å². The molecule has 0 saturated heterocycles. The summed E-state index contributed by atoms with van der Waals surface area (Å²) in [6, 6.07) is 16.0. The van der Waals surface area contributed by atoms with Gasteiger partial charge in [-0.25, -0.2) is 0 Å². The second-order valence-electron chi connectivity index (χ2n) is 4.12. The molecule has 2 aromatic carbocycles. The summed E-state index contributed by atoms with van der Waals surface area (Å²) >= 11 is 0. The maximum atomic E-state index is 11.1. The van der Waals surface area contributed by atoms with E-state index in [1.165, 1.54) is 5.56 Å². The SMILES string of the molecule is Cc1ccccc1-c1ccccc1CC(N)=O. The summed E-state index contributed by atoms with van der Waals surface area (Å²) in [4.78, 5) is 11.1. The van der Waals surface area contributed by atoms with E-state index >= 15 is 0 Å². The molecule has 0 bridgehead atoms. The van der Waals surface area contributed by atoms with Gasteiger partial charge in [-0.3, -0.25) is 4.79 Å². The molecule has 0 fully saturated rings. The molecule has 0 saturated carbocycles. The highest BCUT2D eigenvalue weighted by Gasteiger charge is 2.08. The second kappa shape index (κ2) is 4.83. The van der Waals surface area contributed by atoms with Gasteiger partial charge in [-0.05, 0) is 29.2 Å². The summed E-state index contributed by atoms with van der Waals surface area (Å²) in [5.41, 5.74) is 9.69. The molecule has 2 aromatic rings. The predicted octanol–water partition coefficient (Wildman–Crippen LogP) is 2.69. The van der Waals surface area contributed by atoms with E-state index in [2.05, 4.69) is 19.1 Å². The Morgan fingerprint density at radius 1 is 1.00 bits per heavy atom. The van der Waals surface area contributed by atoms with Crippen molar-refractivity contribution in [1.82, 2.24) is 0 Å². The summed E-state index contributed by atoms with van der Waals surface area (Å²) in [7, 11) is 0. The molecule has 86 valence electrons. The lowest BCUT2D eigenvalue weighted by atomic mass is 9.94. The predicted molar refractivity (Wildman–Crippen MR) is 69.5 cm³/mol. The van der Waals surface area contributed by atoms with E-state index in [1.807, 2.05) is 36.4 Å². The number of aryl methyl sites for hydroxylation is 1. The Morgan fingerprint density at radius 2 is 1.59 bits per heavy atom. The van der Waals surface area contributed by atoms with E-state index in [1.54, 1.807) is 0 Å². The minimum Gasteiger partial charge on any atom is -0.369 e. The smallest absolute Gasteiger partial charge is 0.221 e. The molecule has 1 amide bonds. The van der Waals surface area contributed by atoms with Crippen molar-refractivity contribution in [1.29, 1.82) is 0 Å². The minimum absolute atomic E-state index is 0.282. The summed E-state index contributed by atoms with van der Waals surface area (Å²) in [5, 5.41) is 0. The Kier molecular flexibility index (Phi) is 3.24. The van der Waals surface area contributed by atoms with Crippen LogP contribution in [0.25, 0.3) is 11.1 Å². The number of amides is 1. The molecule has 0 aliphatic heterocycles. The zero-order chi connectivity index (χ0) is 12.3. The zero-order valence-electron chi connectivity index (χ0n) is 9.81. The zero-order valence-corrected chi connectivity index (χ0v) is 9.81. The Hall–Kier alpha value is -2.09. The number of nitrogens with two attached hydrogens (primary N) is 1. The maximum absolute atomic E-state index is 11.1. The molecule has 0 atom stereocenters. The highest BCUT2D eigenvalue weighted by Crippen LogP contribution is 2.26. The van der Waals surface area contributed by atoms with Crippen molar-refractivity contribution >= 4 is 5.91 Å². The van der Waals surface area contributed by atoms with Crippen LogP contribution in [-0.2, 0) is 11.2 Å². The van der Waals surface area contributed by atoms with Gasteiger partial charge in [0.2, 0.25) is 5.91 Å². The normalized spacial score (nSPS) is 10.2. The van der Waals surface area contributed by atoms with Crippen LogP contribution in [0.4, 0.5) is 0 Å². The van der Waals surface area contributed by atoms with Gasteiger partial charge < -0.3 is 5.73 Å². The fraction of sp³-hybridized carbons (Fsp3) is 0.133. The van der Waals surface area contributed by atoms with Crippen molar-refractivity contribution in [3.05, 3.63) is 59.7 Å². The first-order valence-corrected chi connectivity index (χ1v) is 5.60. The summed E-state index contributed by atoms with van der Waals surface area (Å²) in [6.45, 7) is 2.07. The average Bonchev–Trinajstić information content (AvgIpc) is 2.30. The first-order chi connectivity index (χ1) is 8.18. The summed E-state index contributed by atoms with van der Waals surface area (Å²) in [6.07, 6.45) is 0.282. The number of carbonyl (C=O) groups excluding carboxylic acids is 1. The Morgan fingerprint density at radius 3 is 2.24 bits per heavy atom. The third kappa shape index (κ3) is 2.53. The summed E-state index contributed by atoms with van der Waals surface area (Å²) in [5.74, 6) is -0.300. The minimum atomic E-state index is -0.300. The largest absolute Gasteiger partial charge is 0.369 e. The molecular formula is C15H15NO. The van der Waals surface area contributed by atoms with Crippen LogP contribution >= 0.6 is 0 Å². The average molecular weight is 225 g/mol. The lowest BCUT2D eigenvalue weighted by Crippen LogP contribution is -2.14. The number of hydrogen-bond acceptors (Lipinski definition) is 1. The highest BCUT2D eigenvalue weighted by molar-refractivity contribution is 5.81. The van der Waals surface area contributed by atoms with Crippen molar-refractivity contribution in [3.63, 3.8) is 0 Å². The van der Waals surface area contributed by atoms with Crippen molar-refractivity contribution in [2.75, 3.05) is 0 Å². The van der Waals surface area contributed by atoms with Crippen LogP contribution in [0.5, 0.6) is 0 Å². The van der Waals surface area contributed by atoms with Gasteiger partial charge >= 0.3 is 0 Å². The lowest BCUT2D eigenvalue weighted by Gasteiger charge is -2.10.